The largest absolute Gasteiger partial charge is 0.446 e. The minimum atomic E-state index is -1.79. The number of primary amides is 1. The Balaban J connectivity index is 2.03. The molecular formula is C10H18N7O4+. The van der Waals surface area contributed by atoms with E-state index in [-0.39, 0.29) is 24.9 Å². The summed E-state index contributed by atoms with van der Waals surface area (Å²) in [6.07, 6.45) is -0.764. The summed E-state index contributed by atoms with van der Waals surface area (Å²) in [5.74, 6) is 0.139. The number of hydrogen-bond donors (Lipinski definition) is 7. The van der Waals surface area contributed by atoms with Gasteiger partial charge in [-0.2, -0.15) is 0 Å². The number of ether oxygens (including phenoxy) is 1. The lowest BCUT2D eigenvalue weighted by molar-refractivity contribution is -0.663. The van der Waals surface area contributed by atoms with Gasteiger partial charge in [0.2, 0.25) is 5.72 Å². The monoisotopic (exact) mass is 300 g/mol. The van der Waals surface area contributed by atoms with Crippen molar-refractivity contribution in [1.82, 2.24) is 10.6 Å². The Labute approximate surface area is 119 Å². The van der Waals surface area contributed by atoms with E-state index >= 15 is 0 Å². The van der Waals surface area contributed by atoms with Gasteiger partial charge in [0, 0.05) is 6.42 Å². The summed E-state index contributed by atoms with van der Waals surface area (Å²) >= 11 is 0. The minimum absolute atomic E-state index is 0.0135. The molecule has 116 valence electrons. The molecular weight excluding hydrogens is 282 g/mol. The molecule has 0 aromatic carbocycles. The fourth-order valence-corrected chi connectivity index (χ4v) is 3.22. The van der Waals surface area contributed by atoms with Crippen molar-refractivity contribution in [3.05, 3.63) is 0 Å². The SMILES string of the molecule is NC(=O)OC[C@@H]1NC(N)=[N+]2CC[C@@]3(O)NC(N)=N[C@@H]1[C@@]23O. The highest BCUT2D eigenvalue weighted by molar-refractivity contribution is 5.81. The average Bonchev–Trinajstić information content (AvgIpc) is 2.64. The van der Waals surface area contributed by atoms with Gasteiger partial charge >= 0.3 is 12.1 Å². The predicted molar refractivity (Wildman–Crippen MR) is 69.8 cm³/mol. The minimum Gasteiger partial charge on any atom is -0.446 e. The van der Waals surface area contributed by atoms with Crippen molar-refractivity contribution in [1.29, 1.82) is 0 Å². The highest BCUT2D eigenvalue weighted by Gasteiger charge is 2.70. The molecule has 0 aromatic rings. The van der Waals surface area contributed by atoms with Crippen molar-refractivity contribution >= 4 is 18.0 Å². The van der Waals surface area contributed by atoms with Gasteiger partial charge in [-0.15, -0.1) is 0 Å². The fraction of sp³-hybridized carbons (Fsp3) is 0.700. The van der Waals surface area contributed by atoms with E-state index in [1.54, 1.807) is 0 Å². The lowest BCUT2D eigenvalue weighted by atomic mass is 9.86. The van der Waals surface area contributed by atoms with Crippen LogP contribution in [0.15, 0.2) is 4.99 Å². The Hall–Kier alpha value is -2.27. The van der Waals surface area contributed by atoms with Crippen LogP contribution in [0.25, 0.3) is 0 Å². The lowest BCUT2D eigenvalue weighted by Gasteiger charge is -2.47. The zero-order valence-electron chi connectivity index (χ0n) is 11.1. The fourth-order valence-electron chi connectivity index (χ4n) is 3.22. The summed E-state index contributed by atoms with van der Waals surface area (Å²) in [5.41, 5.74) is 13.0. The van der Waals surface area contributed by atoms with Gasteiger partial charge < -0.3 is 31.7 Å². The van der Waals surface area contributed by atoms with Crippen molar-refractivity contribution < 1.29 is 24.3 Å². The van der Waals surface area contributed by atoms with Crippen molar-refractivity contribution in [2.75, 3.05) is 13.2 Å². The molecule has 0 bridgehead atoms. The summed E-state index contributed by atoms with van der Waals surface area (Å²) < 4.78 is 6.17. The van der Waals surface area contributed by atoms with Gasteiger partial charge in [0.05, 0.1) is 6.54 Å². The van der Waals surface area contributed by atoms with Gasteiger partial charge in [-0.1, -0.05) is 0 Å². The number of carbonyl (C=O) groups is 1. The van der Waals surface area contributed by atoms with Crippen LogP contribution in [-0.4, -0.2) is 69.5 Å². The van der Waals surface area contributed by atoms with Crippen LogP contribution in [-0.2, 0) is 4.74 Å². The van der Waals surface area contributed by atoms with Crippen molar-refractivity contribution in [3.8, 4) is 0 Å². The highest BCUT2D eigenvalue weighted by atomic mass is 16.5. The Kier molecular flexibility index (Phi) is 2.68. The summed E-state index contributed by atoms with van der Waals surface area (Å²) in [4.78, 5) is 14.9. The number of amides is 1. The van der Waals surface area contributed by atoms with Crippen molar-refractivity contribution in [2.24, 2.45) is 22.2 Å². The molecule has 1 saturated heterocycles. The number of nitrogens with one attached hydrogen (secondary N) is 2. The van der Waals surface area contributed by atoms with Gasteiger partial charge in [-0.25, -0.2) is 14.4 Å². The Morgan fingerprint density at radius 2 is 2.24 bits per heavy atom. The number of aliphatic imine (C=N–C) groups is 1. The molecule has 11 nitrogen and oxygen atoms in total. The first-order chi connectivity index (χ1) is 9.78. The zero-order chi connectivity index (χ0) is 15.4. The molecule has 10 N–H and O–H groups in total. The van der Waals surface area contributed by atoms with Crippen LogP contribution in [0, 0.1) is 0 Å². The van der Waals surface area contributed by atoms with Gasteiger partial charge in [0.15, 0.2) is 12.0 Å². The molecule has 3 aliphatic heterocycles. The van der Waals surface area contributed by atoms with Crippen LogP contribution < -0.4 is 27.8 Å². The van der Waals surface area contributed by atoms with E-state index < -0.39 is 29.6 Å². The van der Waals surface area contributed by atoms with E-state index in [1.807, 2.05) is 0 Å². The summed E-state index contributed by atoms with van der Waals surface area (Å²) in [6.45, 7) is 0.130. The summed E-state index contributed by atoms with van der Waals surface area (Å²) in [7, 11) is 0. The molecule has 0 spiro atoms. The second-order valence-electron chi connectivity index (χ2n) is 5.34. The molecule has 21 heavy (non-hydrogen) atoms. The molecule has 1 fully saturated rings. The number of rotatable bonds is 2. The molecule has 0 radical (unpaired) electrons. The van der Waals surface area contributed by atoms with Crippen LogP contribution in [0.5, 0.6) is 0 Å². The van der Waals surface area contributed by atoms with E-state index in [2.05, 4.69) is 15.6 Å². The normalized spacial score (nSPS) is 40.8. The van der Waals surface area contributed by atoms with Crippen LogP contribution >= 0.6 is 0 Å². The number of hydrogen-bond acceptors (Lipinski definition) is 9. The van der Waals surface area contributed by atoms with E-state index in [4.69, 9.17) is 21.9 Å². The Bertz CT molecular complexity index is 564. The molecule has 4 atom stereocenters. The van der Waals surface area contributed by atoms with Crippen molar-refractivity contribution in [2.45, 2.75) is 30.0 Å². The lowest BCUT2D eigenvalue weighted by Crippen LogP contribution is -2.80. The van der Waals surface area contributed by atoms with Crippen molar-refractivity contribution in [3.63, 3.8) is 0 Å². The molecule has 0 unspecified atom stereocenters. The first-order valence-electron chi connectivity index (χ1n) is 6.43. The molecule has 3 aliphatic rings. The second kappa shape index (κ2) is 4.11. The third-order valence-electron chi connectivity index (χ3n) is 4.15. The quantitative estimate of drug-likeness (QED) is 0.248. The second-order valence-corrected chi connectivity index (χ2v) is 5.34. The van der Waals surface area contributed by atoms with Gasteiger partial charge in [-0.3, -0.25) is 11.1 Å². The third kappa shape index (κ3) is 1.70. The van der Waals surface area contributed by atoms with E-state index in [1.165, 1.54) is 4.58 Å². The molecule has 0 saturated carbocycles. The molecule has 0 aromatic heterocycles. The van der Waals surface area contributed by atoms with E-state index in [0.717, 1.165) is 0 Å². The van der Waals surface area contributed by atoms with Gasteiger partial charge in [-0.05, 0) is 0 Å². The molecule has 3 rings (SSSR count). The average molecular weight is 300 g/mol. The van der Waals surface area contributed by atoms with Crippen LogP contribution in [0.2, 0.25) is 0 Å². The van der Waals surface area contributed by atoms with E-state index in [0.29, 0.717) is 6.54 Å². The third-order valence-corrected chi connectivity index (χ3v) is 4.15. The molecule has 3 heterocycles. The highest BCUT2D eigenvalue weighted by Crippen LogP contribution is 2.40. The first kappa shape index (κ1) is 13.7. The molecule has 11 heteroatoms. The van der Waals surface area contributed by atoms with Crippen LogP contribution in [0.3, 0.4) is 0 Å². The zero-order valence-corrected chi connectivity index (χ0v) is 11.1. The predicted octanol–water partition coefficient (Wildman–Crippen LogP) is -4.55. The number of nitrogens with two attached hydrogens (primary N) is 3. The first-order valence-corrected chi connectivity index (χ1v) is 6.43. The van der Waals surface area contributed by atoms with Gasteiger partial charge in [0.1, 0.15) is 12.6 Å². The standard InChI is InChI=1S/C10H17N7O4/c11-6-15-5-4(3-21-8(13)18)14-7(12)17-2-1-9(19,16-6)10(5,17)20/h4-5,19-20H,1-3H2,(H7,11,12,13,14,15,16,18)/p+1/t4-,5-,9-,10-/m0/s1. The number of carbonyl (C=O) groups excluding carboxylic acids is 1. The topological polar surface area (TPSA) is 184 Å². The maximum Gasteiger partial charge on any atom is 0.404 e. The maximum atomic E-state index is 11.0. The Morgan fingerprint density at radius 3 is 2.90 bits per heavy atom. The summed E-state index contributed by atoms with van der Waals surface area (Å²) in [6, 6.07) is -1.57. The van der Waals surface area contributed by atoms with Crippen LogP contribution in [0.4, 0.5) is 4.79 Å². The maximum absolute atomic E-state index is 11.0. The van der Waals surface area contributed by atoms with E-state index in [9.17, 15) is 15.0 Å². The number of nitrogens with zero attached hydrogens (tertiary/aromatic N) is 2. The summed E-state index contributed by atoms with van der Waals surface area (Å²) in [5, 5.41) is 27.2. The molecule has 1 amide bonds. The smallest absolute Gasteiger partial charge is 0.404 e. The Morgan fingerprint density at radius 1 is 1.52 bits per heavy atom. The number of aliphatic hydroxyl groups is 2. The van der Waals surface area contributed by atoms with Crippen LogP contribution in [0.1, 0.15) is 6.42 Å². The molecule has 0 aliphatic carbocycles. The number of guanidine groups is 2. The van der Waals surface area contributed by atoms with Gasteiger partial charge in [0.25, 0.3) is 5.72 Å².